The van der Waals surface area contributed by atoms with E-state index in [-0.39, 0.29) is 31.4 Å². The van der Waals surface area contributed by atoms with Gasteiger partial charge in [0.1, 0.15) is 5.69 Å². The zero-order valence-corrected chi connectivity index (χ0v) is 16.6. The van der Waals surface area contributed by atoms with Crippen LogP contribution in [-0.2, 0) is 26.4 Å². The van der Waals surface area contributed by atoms with E-state index in [1.165, 1.54) is 18.2 Å². The molecule has 0 aliphatic heterocycles. The SMILES string of the molecule is CCCS(=O)(=O)c1cc(=O)c(CNS(=O)(=O)c2cc(Cl)cc(Cl)c2)n[nH]1. The third-order valence-corrected chi connectivity index (χ3v) is 6.87. The zero-order chi connectivity index (χ0) is 19.5. The first kappa shape index (κ1) is 20.8. The van der Waals surface area contributed by atoms with E-state index in [0.29, 0.717) is 6.42 Å². The highest BCUT2D eigenvalue weighted by atomic mass is 35.5. The summed E-state index contributed by atoms with van der Waals surface area (Å²) in [6.45, 7) is 1.25. The van der Waals surface area contributed by atoms with Crippen molar-refractivity contribution in [3.05, 3.63) is 50.2 Å². The Morgan fingerprint density at radius 2 is 1.69 bits per heavy atom. The van der Waals surface area contributed by atoms with Crippen LogP contribution >= 0.6 is 23.2 Å². The zero-order valence-electron chi connectivity index (χ0n) is 13.5. The second-order valence-corrected chi connectivity index (χ2v) is 10.0. The first-order valence-electron chi connectivity index (χ1n) is 7.32. The van der Waals surface area contributed by atoms with Crippen LogP contribution < -0.4 is 10.2 Å². The molecule has 0 spiro atoms. The Labute approximate surface area is 160 Å². The van der Waals surface area contributed by atoms with Crippen molar-refractivity contribution >= 4 is 43.1 Å². The van der Waals surface area contributed by atoms with E-state index in [1.54, 1.807) is 6.92 Å². The molecule has 0 saturated heterocycles. The number of aromatic nitrogens is 2. The van der Waals surface area contributed by atoms with Crippen molar-refractivity contribution in [3.8, 4) is 0 Å². The molecule has 0 aliphatic carbocycles. The summed E-state index contributed by atoms with van der Waals surface area (Å²) in [4.78, 5) is 11.9. The molecular formula is C14H15Cl2N3O5S2. The average Bonchev–Trinajstić information content (AvgIpc) is 2.52. The maximum Gasteiger partial charge on any atom is 0.241 e. The second-order valence-electron chi connectivity index (χ2n) is 5.29. The summed E-state index contributed by atoms with van der Waals surface area (Å²) in [5.74, 6) is -0.133. The fourth-order valence-corrected chi connectivity index (χ4v) is 4.95. The van der Waals surface area contributed by atoms with Crippen LogP contribution in [0.4, 0.5) is 0 Å². The van der Waals surface area contributed by atoms with Crippen LogP contribution in [0, 0.1) is 0 Å². The lowest BCUT2D eigenvalue weighted by molar-refractivity contribution is 0.576. The first-order chi connectivity index (χ1) is 12.0. The van der Waals surface area contributed by atoms with E-state index >= 15 is 0 Å². The van der Waals surface area contributed by atoms with Crippen molar-refractivity contribution in [3.63, 3.8) is 0 Å². The predicted octanol–water partition coefficient (Wildman–Crippen LogP) is 1.74. The molecule has 0 atom stereocenters. The number of nitrogens with zero attached hydrogens (tertiary/aromatic N) is 1. The number of aromatic amines is 1. The summed E-state index contributed by atoms with van der Waals surface area (Å²) in [7, 11) is -7.63. The number of benzene rings is 1. The normalized spacial score (nSPS) is 12.3. The summed E-state index contributed by atoms with van der Waals surface area (Å²) >= 11 is 11.6. The van der Waals surface area contributed by atoms with Crippen molar-refractivity contribution in [2.75, 3.05) is 5.75 Å². The van der Waals surface area contributed by atoms with Gasteiger partial charge in [-0.05, 0) is 24.6 Å². The van der Waals surface area contributed by atoms with Crippen molar-refractivity contribution in [2.45, 2.75) is 29.8 Å². The predicted molar refractivity (Wildman–Crippen MR) is 97.7 cm³/mol. The van der Waals surface area contributed by atoms with Gasteiger partial charge < -0.3 is 0 Å². The molecular weight excluding hydrogens is 425 g/mol. The quantitative estimate of drug-likeness (QED) is 0.676. The molecule has 0 unspecified atom stereocenters. The number of halogens is 2. The van der Waals surface area contributed by atoms with E-state index in [4.69, 9.17) is 23.2 Å². The van der Waals surface area contributed by atoms with Gasteiger partial charge in [0.15, 0.2) is 14.9 Å². The Morgan fingerprint density at radius 1 is 1.08 bits per heavy atom. The number of rotatable bonds is 7. The molecule has 2 rings (SSSR count). The number of H-pyrrole nitrogens is 1. The van der Waals surface area contributed by atoms with E-state index in [9.17, 15) is 21.6 Å². The van der Waals surface area contributed by atoms with Crippen LogP contribution in [0.2, 0.25) is 10.0 Å². The second kappa shape index (κ2) is 8.05. The highest BCUT2D eigenvalue weighted by Crippen LogP contribution is 2.22. The summed E-state index contributed by atoms with van der Waals surface area (Å²) in [5.41, 5.74) is -0.887. The number of sulfone groups is 1. The number of hydrogen-bond acceptors (Lipinski definition) is 6. The van der Waals surface area contributed by atoms with Gasteiger partial charge in [0.25, 0.3) is 0 Å². The largest absolute Gasteiger partial charge is 0.288 e. The molecule has 1 heterocycles. The standard InChI is InChI=1S/C14H15Cl2N3O5S2/c1-2-3-25(21,22)14-7-13(20)12(18-19-14)8-17-26(23,24)11-5-9(15)4-10(16)6-11/h4-7,17H,2-3,8H2,1H3,(H,19,20). The van der Waals surface area contributed by atoms with Crippen LogP contribution in [-0.4, -0.2) is 32.8 Å². The molecule has 0 saturated carbocycles. The Kier molecular flexibility index (Phi) is 6.46. The molecule has 8 nitrogen and oxygen atoms in total. The van der Waals surface area contributed by atoms with Gasteiger partial charge in [-0.15, -0.1) is 0 Å². The summed E-state index contributed by atoms with van der Waals surface area (Å²) in [6, 6.07) is 4.67. The third-order valence-electron chi connectivity index (χ3n) is 3.23. The molecule has 0 aliphatic rings. The van der Waals surface area contributed by atoms with E-state index < -0.39 is 31.8 Å². The fraction of sp³-hybridized carbons (Fsp3) is 0.286. The third kappa shape index (κ3) is 5.04. The van der Waals surface area contributed by atoms with Crippen molar-refractivity contribution in [2.24, 2.45) is 0 Å². The number of nitrogens with one attached hydrogen (secondary N) is 2. The van der Waals surface area contributed by atoms with Crippen molar-refractivity contribution in [1.82, 2.24) is 14.9 Å². The van der Waals surface area contributed by atoms with Gasteiger partial charge in [0.05, 0.1) is 17.2 Å². The summed E-state index contributed by atoms with van der Waals surface area (Å²) in [6.07, 6.45) is 0.383. The van der Waals surface area contributed by atoms with Crippen LogP contribution in [0.1, 0.15) is 19.0 Å². The molecule has 1 aromatic heterocycles. The van der Waals surface area contributed by atoms with Gasteiger partial charge in [-0.1, -0.05) is 30.1 Å². The molecule has 0 bridgehead atoms. The topological polar surface area (TPSA) is 126 Å². The van der Waals surface area contributed by atoms with Gasteiger partial charge in [0, 0.05) is 16.1 Å². The minimum Gasteiger partial charge on any atom is -0.288 e. The first-order valence-corrected chi connectivity index (χ1v) is 11.2. The molecule has 142 valence electrons. The lowest BCUT2D eigenvalue weighted by Crippen LogP contribution is -2.28. The molecule has 12 heteroatoms. The molecule has 2 aromatic rings. The van der Waals surface area contributed by atoms with Gasteiger partial charge in [-0.25, -0.2) is 21.6 Å². The van der Waals surface area contributed by atoms with Gasteiger partial charge in [-0.3, -0.25) is 9.89 Å². The van der Waals surface area contributed by atoms with Crippen molar-refractivity contribution in [1.29, 1.82) is 0 Å². The van der Waals surface area contributed by atoms with Crippen LogP contribution in [0.25, 0.3) is 0 Å². The Morgan fingerprint density at radius 3 is 2.23 bits per heavy atom. The van der Waals surface area contributed by atoms with Crippen molar-refractivity contribution < 1.29 is 16.8 Å². The maximum absolute atomic E-state index is 12.3. The maximum atomic E-state index is 12.3. The molecule has 0 fully saturated rings. The van der Waals surface area contributed by atoms with E-state index in [0.717, 1.165) is 6.07 Å². The highest BCUT2D eigenvalue weighted by Gasteiger charge is 2.19. The minimum absolute atomic E-state index is 0.133. The number of hydrogen-bond donors (Lipinski definition) is 2. The molecule has 0 radical (unpaired) electrons. The smallest absolute Gasteiger partial charge is 0.241 e. The molecule has 2 N–H and O–H groups in total. The van der Waals surface area contributed by atoms with Crippen LogP contribution in [0.3, 0.4) is 0 Å². The fourth-order valence-electron chi connectivity index (χ4n) is 2.01. The Hall–Kier alpha value is -1.46. The lowest BCUT2D eigenvalue weighted by atomic mass is 10.4. The van der Waals surface area contributed by atoms with E-state index in [1.807, 2.05) is 0 Å². The number of sulfonamides is 1. The van der Waals surface area contributed by atoms with E-state index in [2.05, 4.69) is 14.9 Å². The van der Waals surface area contributed by atoms with Gasteiger partial charge in [-0.2, -0.15) is 5.10 Å². The monoisotopic (exact) mass is 439 g/mol. The van der Waals surface area contributed by atoms with Crippen LogP contribution in [0.5, 0.6) is 0 Å². The molecule has 26 heavy (non-hydrogen) atoms. The Balaban J connectivity index is 2.23. The average molecular weight is 440 g/mol. The molecule has 1 aromatic carbocycles. The Bertz CT molecular complexity index is 1060. The van der Waals surface area contributed by atoms with Crippen LogP contribution in [0.15, 0.2) is 39.0 Å². The molecule has 0 amide bonds. The minimum atomic E-state index is -4.00. The highest BCUT2D eigenvalue weighted by molar-refractivity contribution is 7.91. The summed E-state index contributed by atoms with van der Waals surface area (Å²) in [5, 5.41) is 5.91. The lowest BCUT2D eigenvalue weighted by Gasteiger charge is -2.08. The van der Waals surface area contributed by atoms with Gasteiger partial charge >= 0.3 is 0 Å². The van der Waals surface area contributed by atoms with Gasteiger partial charge in [0.2, 0.25) is 15.5 Å². The summed E-state index contributed by atoms with van der Waals surface area (Å²) < 4.78 is 50.6.